The molecule has 1 aromatic carbocycles. The number of hydrogen-bond donors (Lipinski definition) is 2. The minimum absolute atomic E-state index is 0.157. The maximum atomic E-state index is 11.6. The zero-order chi connectivity index (χ0) is 12.3. The first kappa shape index (κ1) is 13.6. The van der Waals surface area contributed by atoms with Gasteiger partial charge in [-0.3, -0.25) is 0 Å². The molecule has 0 radical (unpaired) electrons. The monoisotopic (exact) mass is 307 g/mol. The molecular formula is C10H14BrNO3S. The Morgan fingerprint density at radius 2 is 2.12 bits per heavy atom. The number of halogens is 1. The van der Waals surface area contributed by atoms with Gasteiger partial charge in [-0.1, -0.05) is 22.0 Å². The van der Waals surface area contributed by atoms with E-state index in [1.54, 1.807) is 19.2 Å². The topological polar surface area (TPSA) is 66.4 Å². The van der Waals surface area contributed by atoms with Crippen molar-refractivity contribution in [3.63, 3.8) is 0 Å². The molecule has 2 N–H and O–H groups in total. The van der Waals surface area contributed by atoms with E-state index in [1.807, 2.05) is 0 Å². The fourth-order valence-electron chi connectivity index (χ4n) is 1.46. The first-order valence-electron chi connectivity index (χ1n) is 4.69. The van der Waals surface area contributed by atoms with E-state index >= 15 is 0 Å². The molecule has 0 aromatic heterocycles. The van der Waals surface area contributed by atoms with Gasteiger partial charge in [0.05, 0.1) is 11.0 Å². The third-order valence-electron chi connectivity index (χ3n) is 2.14. The van der Waals surface area contributed by atoms with Crippen molar-refractivity contribution in [2.75, 3.05) is 19.8 Å². The number of nitrogens with one attached hydrogen (secondary N) is 1. The molecule has 0 aliphatic rings. The minimum atomic E-state index is -3.34. The van der Waals surface area contributed by atoms with Gasteiger partial charge in [0.1, 0.15) is 0 Å². The van der Waals surface area contributed by atoms with Gasteiger partial charge in [0, 0.05) is 22.8 Å². The van der Waals surface area contributed by atoms with Crippen LogP contribution in [0.2, 0.25) is 0 Å². The van der Waals surface area contributed by atoms with Crippen LogP contribution < -0.4 is 5.32 Å². The number of benzene rings is 1. The van der Waals surface area contributed by atoms with E-state index in [4.69, 9.17) is 0 Å². The van der Waals surface area contributed by atoms with Crippen molar-refractivity contribution in [3.05, 3.63) is 28.2 Å². The van der Waals surface area contributed by atoms with Crippen molar-refractivity contribution in [3.8, 4) is 0 Å². The van der Waals surface area contributed by atoms with Gasteiger partial charge in [0.2, 0.25) is 0 Å². The maximum Gasteiger partial charge on any atom is 0.175 e. The predicted molar refractivity (Wildman–Crippen MR) is 66.1 cm³/mol. The molecule has 1 unspecified atom stereocenters. The molecule has 1 atom stereocenters. The molecule has 0 fully saturated rings. The summed E-state index contributed by atoms with van der Waals surface area (Å²) in [6, 6.07) is 4.84. The molecule has 0 saturated heterocycles. The summed E-state index contributed by atoms with van der Waals surface area (Å²) >= 11 is 3.26. The van der Waals surface area contributed by atoms with Gasteiger partial charge in [-0.2, -0.15) is 0 Å². The standard InChI is InChI=1S/C10H14BrNO3S/c1-12-6-8(13)10-7(11)4-3-5-9(10)16(2,14)15/h3-5,8,12-13H,6H2,1-2H3. The summed E-state index contributed by atoms with van der Waals surface area (Å²) in [5.74, 6) is 0. The van der Waals surface area contributed by atoms with Crippen LogP contribution >= 0.6 is 15.9 Å². The number of hydrogen-bond acceptors (Lipinski definition) is 4. The highest BCUT2D eigenvalue weighted by Gasteiger charge is 2.20. The summed E-state index contributed by atoms with van der Waals surface area (Å²) in [4.78, 5) is 0.157. The molecular weight excluding hydrogens is 294 g/mol. The molecule has 0 amide bonds. The van der Waals surface area contributed by atoms with Crippen LogP contribution in [-0.2, 0) is 9.84 Å². The highest BCUT2D eigenvalue weighted by atomic mass is 79.9. The Bertz CT molecular complexity index is 473. The number of aliphatic hydroxyl groups is 1. The molecule has 0 aliphatic carbocycles. The van der Waals surface area contributed by atoms with Crippen molar-refractivity contribution in [2.24, 2.45) is 0 Å². The smallest absolute Gasteiger partial charge is 0.175 e. The molecule has 4 nitrogen and oxygen atoms in total. The average Bonchev–Trinajstić information content (AvgIpc) is 2.16. The molecule has 1 rings (SSSR count). The molecule has 0 spiro atoms. The Kier molecular flexibility index (Phi) is 4.49. The molecule has 1 aromatic rings. The number of sulfone groups is 1. The van der Waals surface area contributed by atoms with E-state index in [0.717, 1.165) is 6.26 Å². The normalized spacial score (nSPS) is 13.8. The Balaban J connectivity index is 3.35. The zero-order valence-electron chi connectivity index (χ0n) is 9.07. The summed E-state index contributed by atoms with van der Waals surface area (Å²) in [5, 5.41) is 12.7. The highest BCUT2D eigenvalue weighted by molar-refractivity contribution is 9.10. The van der Waals surface area contributed by atoms with E-state index < -0.39 is 15.9 Å². The lowest BCUT2D eigenvalue weighted by molar-refractivity contribution is 0.174. The van der Waals surface area contributed by atoms with E-state index in [1.165, 1.54) is 6.07 Å². The summed E-state index contributed by atoms with van der Waals surface area (Å²) in [5.41, 5.74) is 0.402. The second-order valence-corrected chi connectivity index (χ2v) is 6.34. The molecule has 0 heterocycles. The molecule has 16 heavy (non-hydrogen) atoms. The Morgan fingerprint density at radius 1 is 1.50 bits per heavy atom. The van der Waals surface area contributed by atoms with Crippen LogP contribution in [-0.4, -0.2) is 33.4 Å². The van der Waals surface area contributed by atoms with Crippen molar-refractivity contribution in [2.45, 2.75) is 11.0 Å². The second kappa shape index (κ2) is 5.27. The van der Waals surface area contributed by atoms with Gasteiger partial charge in [0.15, 0.2) is 9.84 Å². The summed E-state index contributed by atoms with van der Waals surface area (Å²) in [7, 11) is -1.64. The molecule has 6 heteroatoms. The van der Waals surface area contributed by atoms with Crippen molar-refractivity contribution >= 4 is 25.8 Å². The predicted octanol–water partition coefficient (Wildman–Crippen LogP) is 1.11. The molecule has 90 valence electrons. The maximum absolute atomic E-state index is 11.6. The Morgan fingerprint density at radius 3 is 2.62 bits per heavy atom. The fourth-order valence-corrected chi connectivity index (χ4v) is 3.19. The van der Waals surface area contributed by atoms with Crippen molar-refractivity contribution in [1.29, 1.82) is 0 Å². The van der Waals surface area contributed by atoms with E-state index in [2.05, 4.69) is 21.2 Å². The summed E-state index contributed by atoms with van der Waals surface area (Å²) in [6.07, 6.45) is 0.273. The quantitative estimate of drug-likeness (QED) is 0.874. The molecule has 0 bridgehead atoms. The lowest BCUT2D eigenvalue weighted by Gasteiger charge is -2.16. The van der Waals surface area contributed by atoms with Crippen molar-refractivity contribution in [1.82, 2.24) is 5.32 Å². The van der Waals surface area contributed by atoms with Gasteiger partial charge in [-0.05, 0) is 19.2 Å². The van der Waals surface area contributed by atoms with Gasteiger partial charge in [-0.25, -0.2) is 8.42 Å². The lowest BCUT2D eigenvalue weighted by atomic mass is 10.1. The van der Waals surface area contributed by atoms with Gasteiger partial charge < -0.3 is 10.4 Å². The average molecular weight is 308 g/mol. The largest absolute Gasteiger partial charge is 0.387 e. The second-order valence-electron chi connectivity index (χ2n) is 3.50. The van der Waals surface area contributed by atoms with Crippen LogP contribution in [0.1, 0.15) is 11.7 Å². The number of likely N-dealkylation sites (N-methyl/N-ethyl adjacent to an activating group) is 1. The number of rotatable bonds is 4. The number of aliphatic hydroxyl groups excluding tert-OH is 1. The highest BCUT2D eigenvalue weighted by Crippen LogP contribution is 2.29. The van der Waals surface area contributed by atoms with Crippen LogP contribution in [0.3, 0.4) is 0 Å². The van der Waals surface area contributed by atoms with Crippen LogP contribution in [0, 0.1) is 0 Å². The third kappa shape index (κ3) is 3.04. The van der Waals surface area contributed by atoms with E-state index in [9.17, 15) is 13.5 Å². The van der Waals surface area contributed by atoms with E-state index in [0.29, 0.717) is 16.6 Å². The van der Waals surface area contributed by atoms with Crippen LogP contribution in [0.25, 0.3) is 0 Å². The van der Waals surface area contributed by atoms with Gasteiger partial charge in [-0.15, -0.1) is 0 Å². The van der Waals surface area contributed by atoms with Crippen LogP contribution in [0.4, 0.5) is 0 Å². The third-order valence-corrected chi connectivity index (χ3v) is 3.99. The molecule has 0 aliphatic heterocycles. The Hall–Kier alpha value is -0.430. The van der Waals surface area contributed by atoms with E-state index in [-0.39, 0.29) is 4.90 Å². The Labute approximate surface area is 104 Å². The van der Waals surface area contributed by atoms with Crippen molar-refractivity contribution < 1.29 is 13.5 Å². The lowest BCUT2D eigenvalue weighted by Crippen LogP contribution is -2.19. The first-order valence-corrected chi connectivity index (χ1v) is 7.37. The summed E-state index contributed by atoms with van der Waals surface area (Å²) < 4.78 is 23.7. The van der Waals surface area contributed by atoms with Gasteiger partial charge in [0.25, 0.3) is 0 Å². The molecule has 0 saturated carbocycles. The van der Waals surface area contributed by atoms with Crippen LogP contribution in [0.5, 0.6) is 0 Å². The summed E-state index contributed by atoms with van der Waals surface area (Å²) in [6.45, 7) is 0.297. The minimum Gasteiger partial charge on any atom is -0.387 e. The SMILES string of the molecule is CNCC(O)c1c(Br)cccc1S(C)(=O)=O. The fraction of sp³-hybridized carbons (Fsp3) is 0.400. The zero-order valence-corrected chi connectivity index (χ0v) is 11.5. The first-order chi connectivity index (χ1) is 7.38. The van der Waals surface area contributed by atoms with Gasteiger partial charge >= 0.3 is 0 Å². The van der Waals surface area contributed by atoms with Crippen LogP contribution in [0.15, 0.2) is 27.6 Å².